The lowest BCUT2D eigenvalue weighted by Crippen LogP contribution is -2.41. The van der Waals surface area contributed by atoms with Crippen LogP contribution in [0.1, 0.15) is 41.0 Å². The maximum atomic E-state index is 13.5. The highest BCUT2D eigenvalue weighted by Crippen LogP contribution is 2.30. The monoisotopic (exact) mass is 509 g/mol. The number of rotatable bonds is 7. The highest BCUT2D eigenvalue weighted by molar-refractivity contribution is 7.89. The number of hydrogen-bond donors (Lipinski definition) is 1. The Morgan fingerprint density at radius 2 is 1.78 bits per heavy atom. The lowest BCUT2D eigenvalue weighted by atomic mass is 9.97. The summed E-state index contributed by atoms with van der Waals surface area (Å²) in [6.45, 7) is 6.04. The van der Waals surface area contributed by atoms with Gasteiger partial charge in [0, 0.05) is 24.7 Å². The van der Waals surface area contributed by atoms with Crippen LogP contribution < -0.4 is 10.1 Å². The van der Waals surface area contributed by atoms with Crippen molar-refractivity contribution in [3.05, 3.63) is 70.6 Å². The minimum absolute atomic E-state index is 0.0607. The van der Waals surface area contributed by atoms with Crippen LogP contribution in [0.2, 0.25) is 0 Å². The largest absolute Gasteiger partial charge is 0.497 e. The normalized spacial score (nSPS) is 15.3. The summed E-state index contributed by atoms with van der Waals surface area (Å²) in [5, 5.41) is 6.92. The van der Waals surface area contributed by atoms with Crippen molar-refractivity contribution < 1.29 is 22.5 Å². The summed E-state index contributed by atoms with van der Waals surface area (Å²) >= 11 is 0. The van der Waals surface area contributed by atoms with Crippen LogP contribution in [0, 0.1) is 26.7 Å². The van der Waals surface area contributed by atoms with E-state index in [1.807, 2.05) is 56.3 Å². The Balaban J connectivity index is 1.45. The highest BCUT2D eigenvalue weighted by atomic mass is 32.2. The third kappa shape index (κ3) is 5.52. The Bertz CT molecular complexity index is 1370. The Morgan fingerprint density at radius 3 is 2.44 bits per heavy atom. The second kappa shape index (κ2) is 10.7. The van der Waals surface area contributed by atoms with Crippen molar-refractivity contribution in [3.63, 3.8) is 0 Å². The molecule has 2 aromatic carbocycles. The molecule has 0 radical (unpaired) electrons. The summed E-state index contributed by atoms with van der Waals surface area (Å²) in [6.07, 6.45) is 4.26. The van der Waals surface area contributed by atoms with Gasteiger partial charge in [-0.15, -0.1) is 0 Å². The molecule has 1 amide bonds. The molecule has 9 heteroatoms. The number of nitrogens with zero attached hydrogens (tertiary/aromatic N) is 2. The molecule has 4 rings (SSSR count). The quantitative estimate of drug-likeness (QED) is 0.490. The molecule has 0 aliphatic carbocycles. The van der Waals surface area contributed by atoms with Crippen LogP contribution in [0.5, 0.6) is 5.75 Å². The van der Waals surface area contributed by atoms with Gasteiger partial charge in [0.25, 0.3) is 0 Å². The third-order valence-electron chi connectivity index (χ3n) is 6.45. The molecular weight excluding hydrogens is 478 g/mol. The number of anilines is 1. The van der Waals surface area contributed by atoms with Crippen LogP contribution in [0.4, 0.5) is 5.69 Å². The average molecular weight is 510 g/mol. The summed E-state index contributed by atoms with van der Waals surface area (Å²) in [6, 6.07) is 13.3. The van der Waals surface area contributed by atoms with Gasteiger partial charge in [-0.25, -0.2) is 8.42 Å². The van der Waals surface area contributed by atoms with E-state index in [1.54, 1.807) is 26.2 Å². The number of piperidine rings is 1. The smallest absolute Gasteiger partial charge is 0.248 e. The van der Waals surface area contributed by atoms with Crippen molar-refractivity contribution in [2.75, 3.05) is 25.5 Å². The summed E-state index contributed by atoms with van der Waals surface area (Å²) in [5.41, 5.74) is 4.02. The van der Waals surface area contributed by atoms with Gasteiger partial charge in [0.15, 0.2) is 10.7 Å². The molecule has 190 valence electrons. The number of nitrogens with one attached hydrogen (secondary N) is 1. The summed E-state index contributed by atoms with van der Waals surface area (Å²) in [4.78, 5) is 12.9. The first kappa shape index (κ1) is 25.7. The molecule has 3 aromatic rings. The predicted molar refractivity (Wildman–Crippen MR) is 139 cm³/mol. The fraction of sp³-hybridized carbons (Fsp3) is 0.333. The maximum absolute atomic E-state index is 13.5. The second-order valence-corrected chi connectivity index (χ2v) is 10.9. The Kier molecular flexibility index (Phi) is 7.61. The molecule has 2 heterocycles. The first-order chi connectivity index (χ1) is 17.2. The Morgan fingerprint density at radius 1 is 1.08 bits per heavy atom. The molecule has 0 bridgehead atoms. The van der Waals surface area contributed by atoms with E-state index >= 15 is 0 Å². The van der Waals surface area contributed by atoms with Crippen LogP contribution in [0.15, 0.2) is 51.9 Å². The second-order valence-electron chi connectivity index (χ2n) is 9.05. The van der Waals surface area contributed by atoms with Gasteiger partial charge >= 0.3 is 0 Å². The number of amides is 1. The fourth-order valence-electron chi connectivity index (χ4n) is 4.28. The Labute approximate surface area is 212 Å². The van der Waals surface area contributed by atoms with E-state index in [9.17, 15) is 13.2 Å². The van der Waals surface area contributed by atoms with Crippen LogP contribution in [0.25, 0.3) is 12.2 Å². The number of hydrogen-bond acceptors (Lipinski definition) is 6. The van der Waals surface area contributed by atoms with Crippen molar-refractivity contribution in [2.24, 2.45) is 5.92 Å². The minimum Gasteiger partial charge on any atom is -0.497 e. The lowest BCUT2D eigenvalue weighted by Gasteiger charge is -2.30. The third-order valence-corrected chi connectivity index (χ3v) is 8.51. The van der Waals surface area contributed by atoms with Gasteiger partial charge in [-0.1, -0.05) is 35.5 Å². The SMILES string of the molecule is COc1ccc(/C=C\c2onc(C)c2S(=O)(=O)N2CCC(C(=O)Nc3cc(C)ccc3C)CC2)cc1. The van der Waals surface area contributed by atoms with Crippen molar-refractivity contribution in [2.45, 2.75) is 38.5 Å². The molecule has 36 heavy (non-hydrogen) atoms. The number of methoxy groups -OCH3 is 1. The number of carbonyl (C=O) groups excluding carboxylic acids is 1. The van der Waals surface area contributed by atoms with Crippen LogP contribution in [0.3, 0.4) is 0 Å². The van der Waals surface area contributed by atoms with Crippen LogP contribution in [-0.2, 0) is 14.8 Å². The first-order valence-corrected chi connectivity index (χ1v) is 13.3. The number of sulfonamides is 1. The van der Waals surface area contributed by atoms with Crippen molar-refractivity contribution in [3.8, 4) is 5.75 Å². The van der Waals surface area contributed by atoms with Crippen molar-refractivity contribution in [1.82, 2.24) is 9.46 Å². The van der Waals surface area contributed by atoms with Gasteiger partial charge < -0.3 is 14.6 Å². The van der Waals surface area contributed by atoms with E-state index in [0.29, 0.717) is 18.5 Å². The van der Waals surface area contributed by atoms with Gasteiger partial charge in [0.1, 0.15) is 11.4 Å². The van der Waals surface area contributed by atoms with E-state index in [4.69, 9.17) is 9.26 Å². The lowest BCUT2D eigenvalue weighted by molar-refractivity contribution is -0.120. The fourth-order valence-corrected chi connectivity index (χ4v) is 6.00. The van der Waals surface area contributed by atoms with Crippen LogP contribution in [-0.4, -0.2) is 44.0 Å². The number of aryl methyl sites for hydroxylation is 3. The minimum atomic E-state index is -3.84. The zero-order chi connectivity index (χ0) is 25.9. The van der Waals surface area contributed by atoms with E-state index in [2.05, 4.69) is 10.5 Å². The molecule has 1 N–H and O–H groups in total. The number of ether oxygens (including phenoxy) is 1. The molecular formula is C27H31N3O5S. The molecule has 1 aliphatic rings. The standard InChI is InChI=1S/C27H31N3O5S/c1-18-5-6-19(2)24(17-18)28-27(31)22-13-15-30(16-14-22)36(32,33)26-20(3)29-35-25(26)12-9-21-7-10-23(34-4)11-8-21/h5-12,17,22H,13-16H2,1-4H3,(H,28,31)/b12-9-. The number of aromatic nitrogens is 1. The molecule has 1 aliphatic heterocycles. The average Bonchev–Trinajstić information content (AvgIpc) is 3.26. The predicted octanol–water partition coefficient (Wildman–Crippen LogP) is 4.82. The molecule has 1 aromatic heterocycles. The zero-order valence-corrected chi connectivity index (χ0v) is 21.8. The van der Waals surface area contributed by atoms with E-state index < -0.39 is 10.0 Å². The van der Waals surface area contributed by atoms with Gasteiger partial charge in [-0.05, 0) is 74.6 Å². The molecule has 1 fully saturated rings. The number of carbonyl (C=O) groups is 1. The number of benzene rings is 2. The topological polar surface area (TPSA) is 102 Å². The molecule has 0 atom stereocenters. The Hall–Kier alpha value is -3.43. The van der Waals surface area contributed by atoms with E-state index in [0.717, 1.165) is 28.1 Å². The van der Waals surface area contributed by atoms with Gasteiger partial charge in [0.05, 0.1) is 7.11 Å². The molecule has 0 spiro atoms. The summed E-state index contributed by atoms with van der Waals surface area (Å²) in [5.74, 6) is 0.578. The van der Waals surface area contributed by atoms with E-state index in [-0.39, 0.29) is 35.6 Å². The van der Waals surface area contributed by atoms with Gasteiger partial charge in [-0.3, -0.25) is 4.79 Å². The van der Waals surface area contributed by atoms with Crippen molar-refractivity contribution >= 4 is 33.8 Å². The highest BCUT2D eigenvalue weighted by Gasteiger charge is 2.36. The van der Waals surface area contributed by atoms with Gasteiger partial charge in [0.2, 0.25) is 15.9 Å². The summed E-state index contributed by atoms with van der Waals surface area (Å²) in [7, 11) is -2.24. The van der Waals surface area contributed by atoms with E-state index in [1.165, 1.54) is 4.31 Å². The molecule has 1 saturated heterocycles. The van der Waals surface area contributed by atoms with Gasteiger partial charge in [-0.2, -0.15) is 4.31 Å². The zero-order valence-electron chi connectivity index (χ0n) is 20.9. The maximum Gasteiger partial charge on any atom is 0.248 e. The van der Waals surface area contributed by atoms with Crippen LogP contribution >= 0.6 is 0 Å². The van der Waals surface area contributed by atoms with Crippen molar-refractivity contribution in [1.29, 1.82) is 0 Å². The first-order valence-electron chi connectivity index (χ1n) is 11.9. The molecule has 8 nitrogen and oxygen atoms in total. The molecule has 0 unspecified atom stereocenters. The summed E-state index contributed by atoms with van der Waals surface area (Å²) < 4.78 is 39.0. The molecule has 0 saturated carbocycles.